The lowest BCUT2D eigenvalue weighted by molar-refractivity contribution is -0.143. The van der Waals surface area contributed by atoms with Gasteiger partial charge in [0.1, 0.15) is 5.75 Å². The number of fused-ring (bicyclic) bond motifs is 2. The van der Waals surface area contributed by atoms with E-state index < -0.39 is 38.8 Å². The number of sulfone groups is 1. The Morgan fingerprint density at radius 3 is 2.31 bits per heavy atom. The summed E-state index contributed by atoms with van der Waals surface area (Å²) in [6, 6.07) is 6.47. The van der Waals surface area contributed by atoms with Gasteiger partial charge in [-0.3, -0.25) is 4.79 Å². The maximum absolute atomic E-state index is 13.4. The molecular formula is C24H27ClF3N3O4S. The first-order chi connectivity index (χ1) is 16.6. The number of nitrogens with one attached hydrogen (secondary N) is 1. The number of rotatable bonds is 6. The van der Waals surface area contributed by atoms with Gasteiger partial charge >= 0.3 is 6.18 Å². The van der Waals surface area contributed by atoms with E-state index in [4.69, 9.17) is 16.3 Å². The van der Waals surface area contributed by atoms with Gasteiger partial charge in [0.15, 0.2) is 20.5 Å². The van der Waals surface area contributed by atoms with Crippen molar-refractivity contribution in [3.8, 4) is 5.75 Å². The van der Waals surface area contributed by atoms with Gasteiger partial charge in [-0.2, -0.15) is 13.2 Å². The number of pyridine rings is 1. The number of halogens is 4. The second-order valence-corrected chi connectivity index (χ2v) is 12.2. The molecule has 0 saturated carbocycles. The highest BCUT2D eigenvalue weighted by Gasteiger charge is 2.43. The van der Waals surface area contributed by atoms with E-state index in [1.807, 2.05) is 0 Å². The molecule has 3 atom stereocenters. The summed E-state index contributed by atoms with van der Waals surface area (Å²) >= 11 is 5.73. The van der Waals surface area contributed by atoms with Gasteiger partial charge in [0.2, 0.25) is 0 Å². The summed E-state index contributed by atoms with van der Waals surface area (Å²) < 4.78 is 69.3. The molecule has 1 unspecified atom stereocenters. The Bertz CT molecular complexity index is 1240. The number of carbonyl (C=O) groups is 1. The first-order valence-corrected chi connectivity index (χ1v) is 13.7. The van der Waals surface area contributed by atoms with Crippen LogP contribution in [0.3, 0.4) is 0 Å². The number of piperidine rings is 1. The molecule has 2 aliphatic rings. The van der Waals surface area contributed by atoms with Gasteiger partial charge in [-0.1, -0.05) is 11.6 Å². The normalized spacial score (nSPS) is 22.4. The highest BCUT2D eigenvalue weighted by Crippen LogP contribution is 2.41. The van der Waals surface area contributed by atoms with Crippen LogP contribution in [0.4, 0.5) is 18.9 Å². The van der Waals surface area contributed by atoms with E-state index in [0.29, 0.717) is 12.8 Å². The molecule has 2 aliphatic heterocycles. The van der Waals surface area contributed by atoms with E-state index in [2.05, 4.69) is 15.2 Å². The predicted octanol–water partition coefficient (Wildman–Crippen LogP) is 4.63. The maximum Gasteiger partial charge on any atom is 0.420 e. The third-order valence-corrected chi connectivity index (χ3v) is 7.86. The quantitative estimate of drug-likeness (QED) is 0.569. The summed E-state index contributed by atoms with van der Waals surface area (Å²) in [5.74, 6) is -0.977. The van der Waals surface area contributed by atoms with E-state index >= 15 is 0 Å². The molecule has 2 fully saturated rings. The summed E-state index contributed by atoms with van der Waals surface area (Å²) in [6.07, 6.45) is 1.07. The minimum absolute atomic E-state index is 0.0114. The third kappa shape index (κ3) is 5.56. The zero-order chi connectivity index (χ0) is 26.5. The van der Waals surface area contributed by atoms with E-state index in [1.54, 1.807) is 12.3 Å². The fourth-order valence-electron chi connectivity index (χ4n) is 4.95. The average molecular weight is 546 g/mol. The number of aromatic nitrogens is 1. The number of benzene rings is 1. The van der Waals surface area contributed by atoms with Gasteiger partial charge in [0.05, 0.1) is 17.4 Å². The van der Waals surface area contributed by atoms with Gasteiger partial charge in [-0.15, -0.1) is 0 Å². The van der Waals surface area contributed by atoms with E-state index in [0.717, 1.165) is 36.9 Å². The SMILES string of the molecule is CC(C)(Oc1ccc(Cl)cc1C(F)(F)F)C(=O)NC1C[C@H]2CC[C@@H](C1)N2c1ccc(S(C)(=O)=O)nc1. The molecule has 3 heterocycles. The minimum Gasteiger partial charge on any atom is -0.477 e. The molecule has 1 amide bonds. The van der Waals surface area contributed by atoms with Crippen LogP contribution >= 0.6 is 11.6 Å². The van der Waals surface area contributed by atoms with Crippen molar-refractivity contribution in [2.75, 3.05) is 11.2 Å². The van der Waals surface area contributed by atoms with Crippen LogP contribution < -0.4 is 15.0 Å². The Labute approximate surface area is 212 Å². The highest BCUT2D eigenvalue weighted by atomic mass is 35.5. The number of carbonyl (C=O) groups excluding carboxylic acids is 1. The molecule has 2 aromatic rings. The topological polar surface area (TPSA) is 88.6 Å². The summed E-state index contributed by atoms with van der Waals surface area (Å²) in [4.78, 5) is 19.4. The molecule has 1 aromatic carbocycles. The maximum atomic E-state index is 13.4. The van der Waals surface area contributed by atoms with Crippen molar-refractivity contribution in [1.29, 1.82) is 0 Å². The molecule has 7 nitrogen and oxygen atoms in total. The lowest BCUT2D eigenvalue weighted by Crippen LogP contribution is -2.55. The minimum atomic E-state index is -4.69. The average Bonchev–Trinajstić information content (AvgIpc) is 3.04. The van der Waals surface area contributed by atoms with Crippen molar-refractivity contribution in [3.05, 3.63) is 47.1 Å². The standard InChI is InChI=1S/C24H27ClF3N3O4S/c1-23(2,35-20-8-4-14(25)10-19(20)24(26,27)28)22(32)30-15-11-16-5-6-17(12-15)31(16)18-7-9-21(29-13-18)36(3,33)34/h4,7-10,13,15-17H,5-6,11-12H2,1-3H3,(H,30,32)/t15?,16-,17+. The highest BCUT2D eigenvalue weighted by molar-refractivity contribution is 7.90. The van der Waals surface area contributed by atoms with Crippen LogP contribution in [0.2, 0.25) is 5.02 Å². The van der Waals surface area contributed by atoms with Gasteiger partial charge in [-0.25, -0.2) is 13.4 Å². The first kappa shape index (κ1) is 26.5. The molecule has 0 spiro atoms. The largest absolute Gasteiger partial charge is 0.477 e. The second-order valence-electron chi connectivity index (χ2n) is 9.81. The number of alkyl halides is 3. The molecule has 12 heteroatoms. The third-order valence-electron chi connectivity index (χ3n) is 6.63. The van der Waals surface area contributed by atoms with Gasteiger partial charge < -0.3 is 15.0 Å². The molecule has 36 heavy (non-hydrogen) atoms. The summed E-state index contributed by atoms with van der Waals surface area (Å²) in [7, 11) is -3.39. The molecule has 1 N–H and O–H groups in total. The van der Waals surface area contributed by atoms with Gasteiger partial charge in [-0.05, 0) is 69.9 Å². The summed E-state index contributed by atoms with van der Waals surface area (Å²) in [5, 5.41) is 2.89. The Kier molecular flexibility index (Phi) is 6.93. The molecule has 2 saturated heterocycles. The number of hydrogen-bond donors (Lipinski definition) is 1. The van der Waals surface area contributed by atoms with Gasteiger partial charge in [0, 0.05) is 29.4 Å². The lowest BCUT2D eigenvalue weighted by Gasteiger charge is -2.41. The van der Waals surface area contributed by atoms with Crippen LogP contribution in [-0.4, -0.2) is 49.3 Å². The predicted molar refractivity (Wildman–Crippen MR) is 129 cm³/mol. The Balaban J connectivity index is 1.43. The van der Waals surface area contributed by atoms with Crippen LogP contribution in [-0.2, 0) is 20.8 Å². The van der Waals surface area contributed by atoms with Crippen LogP contribution in [0.15, 0.2) is 41.6 Å². The second kappa shape index (κ2) is 9.41. The van der Waals surface area contributed by atoms with Crippen LogP contribution in [0.1, 0.15) is 45.1 Å². The fraction of sp³-hybridized carbons (Fsp3) is 0.500. The van der Waals surface area contributed by atoms with Crippen molar-refractivity contribution in [2.45, 2.75) is 74.5 Å². The number of amides is 1. The summed E-state index contributed by atoms with van der Waals surface area (Å²) in [6.45, 7) is 2.85. The van der Waals surface area contributed by atoms with Crippen molar-refractivity contribution in [1.82, 2.24) is 10.3 Å². The first-order valence-electron chi connectivity index (χ1n) is 11.5. The van der Waals surface area contributed by atoms with Crippen LogP contribution in [0.5, 0.6) is 5.75 Å². The Morgan fingerprint density at radius 1 is 1.14 bits per heavy atom. The van der Waals surface area contributed by atoms with Crippen molar-refractivity contribution in [2.24, 2.45) is 0 Å². The zero-order valence-electron chi connectivity index (χ0n) is 20.0. The number of nitrogens with zero attached hydrogens (tertiary/aromatic N) is 2. The number of anilines is 1. The molecular weight excluding hydrogens is 519 g/mol. The van der Waals surface area contributed by atoms with E-state index in [-0.39, 0.29) is 28.2 Å². The molecule has 1 aromatic heterocycles. The van der Waals surface area contributed by atoms with E-state index in [9.17, 15) is 26.4 Å². The smallest absolute Gasteiger partial charge is 0.420 e. The van der Waals surface area contributed by atoms with Gasteiger partial charge in [0.25, 0.3) is 5.91 Å². The lowest BCUT2D eigenvalue weighted by atomic mass is 9.95. The molecule has 196 valence electrons. The Hall–Kier alpha value is -2.53. The summed E-state index contributed by atoms with van der Waals surface area (Å²) in [5.41, 5.74) is -1.78. The monoisotopic (exact) mass is 545 g/mol. The molecule has 0 radical (unpaired) electrons. The van der Waals surface area contributed by atoms with Crippen molar-refractivity contribution >= 4 is 33.0 Å². The van der Waals surface area contributed by atoms with Crippen molar-refractivity contribution in [3.63, 3.8) is 0 Å². The number of hydrogen-bond acceptors (Lipinski definition) is 6. The van der Waals surface area contributed by atoms with E-state index in [1.165, 1.54) is 26.0 Å². The molecule has 2 bridgehead atoms. The molecule has 4 rings (SSSR count). The fourth-order valence-corrected chi connectivity index (χ4v) is 5.69. The Morgan fingerprint density at radius 2 is 1.78 bits per heavy atom. The number of ether oxygens (including phenoxy) is 1. The van der Waals surface area contributed by atoms with Crippen molar-refractivity contribution < 1.29 is 31.1 Å². The zero-order valence-corrected chi connectivity index (χ0v) is 21.5. The van der Waals surface area contributed by atoms with Crippen LogP contribution in [0.25, 0.3) is 0 Å². The van der Waals surface area contributed by atoms with Crippen LogP contribution in [0, 0.1) is 0 Å². The molecule has 0 aliphatic carbocycles.